The van der Waals surface area contributed by atoms with Gasteiger partial charge in [-0.25, -0.2) is 0 Å². The summed E-state index contributed by atoms with van der Waals surface area (Å²) < 4.78 is 5.50. The quantitative estimate of drug-likeness (QED) is 0.676. The summed E-state index contributed by atoms with van der Waals surface area (Å²) in [5.74, 6) is 0.757. The maximum Gasteiger partial charge on any atom is 0.0506 e. The van der Waals surface area contributed by atoms with Crippen molar-refractivity contribution in [3.05, 3.63) is 0 Å². The van der Waals surface area contributed by atoms with E-state index >= 15 is 0 Å². The van der Waals surface area contributed by atoms with Crippen molar-refractivity contribution >= 4 is 0 Å². The van der Waals surface area contributed by atoms with Crippen LogP contribution >= 0.6 is 0 Å². The molecule has 2 unspecified atom stereocenters. The van der Waals surface area contributed by atoms with Gasteiger partial charge in [0.05, 0.1) is 6.61 Å². The summed E-state index contributed by atoms with van der Waals surface area (Å²) in [6.07, 6.45) is 6.25. The van der Waals surface area contributed by atoms with Crippen molar-refractivity contribution in [3.8, 4) is 0 Å². The standard InChI is InChI=1S/C13H28N2O/c1-12(14)6-3-4-8-15(2)10-13-7-5-9-16-11-13/h12-13H,3-11,14H2,1-2H3. The molecule has 1 heterocycles. The fourth-order valence-corrected chi connectivity index (χ4v) is 2.33. The van der Waals surface area contributed by atoms with Gasteiger partial charge in [-0.15, -0.1) is 0 Å². The molecule has 0 bridgehead atoms. The molecule has 0 aliphatic carbocycles. The second-order valence-electron chi connectivity index (χ2n) is 5.32. The number of ether oxygens (including phenoxy) is 1. The molecule has 0 saturated carbocycles. The van der Waals surface area contributed by atoms with Crippen LogP contribution in [0.1, 0.15) is 39.0 Å². The Morgan fingerprint density at radius 3 is 2.88 bits per heavy atom. The second kappa shape index (κ2) is 8.04. The number of nitrogens with two attached hydrogens (primary N) is 1. The van der Waals surface area contributed by atoms with E-state index in [4.69, 9.17) is 10.5 Å². The zero-order valence-electron chi connectivity index (χ0n) is 11.0. The lowest BCUT2D eigenvalue weighted by Crippen LogP contribution is -2.31. The van der Waals surface area contributed by atoms with E-state index in [0.29, 0.717) is 6.04 Å². The van der Waals surface area contributed by atoms with E-state index in [1.807, 2.05) is 0 Å². The highest BCUT2D eigenvalue weighted by Gasteiger charge is 2.15. The number of hydrogen-bond donors (Lipinski definition) is 1. The third kappa shape index (κ3) is 6.46. The summed E-state index contributed by atoms with van der Waals surface area (Å²) in [4.78, 5) is 2.44. The number of hydrogen-bond acceptors (Lipinski definition) is 3. The molecule has 2 N–H and O–H groups in total. The van der Waals surface area contributed by atoms with Crippen LogP contribution in [0.15, 0.2) is 0 Å². The summed E-state index contributed by atoms with van der Waals surface area (Å²) in [5.41, 5.74) is 5.73. The molecule has 3 nitrogen and oxygen atoms in total. The molecular formula is C13H28N2O. The highest BCUT2D eigenvalue weighted by atomic mass is 16.5. The number of nitrogens with zero attached hydrogens (tertiary/aromatic N) is 1. The molecule has 0 aromatic heterocycles. The first-order valence-electron chi connectivity index (χ1n) is 6.70. The van der Waals surface area contributed by atoms with Crippen molar-refractivity contribution in [3.63, 3.8) is 0 Å². The Kier molecular flexibility index (Phi) is 7.01. The molecule has 0 aromatic rings. The van der Waals surface area contributed by atoms with Crippen LogP contribution in [-0.2, 0) is 4.74 Å². The van der Waals surface area contributed by atoms with Crippen LogP contribution in [0.3, 0.4) is 0 Å². The van der Waals surface area contributed by atoms with E-state index in [1.54, 1.807) is 0 Å². The molecular weight excluding hydrogens is 200 g/mol. The summed E-state index contributed by atoms with van der Waals surface area (Å²) in [6.45, 7) is 6.41. The molecule has 1 rings (SSSR count). The Balaban J connectivity index is 1.99. The predicted molar refractivity (Wildman–Crippen MR) is 68.5 cm³/mol. The van der Waals surface area contributed by atoms with E-state index in [2.05, 4.69) is 18.9 Å². The van der Waals surface area contributed by atoms with Gasteiger partial charge in [0.2, 0.25) is 0 Å². The van der Waals surface area contributed by atoms with E-state index < -0.39 is 0 Å². The average molecular weight is 228 g/mol. The van der Waals surface area contributed by atoms with Crippen LogP contribution in [0.25, 0.3) is 0 Å². The molecule has 1 fully saturated rings. The second-order valence-corrected chi connectivity index (χ2v) is 5.32. The minimum Gasteiger partial charge on any atom is -0.381 e. The van der Waals surface area contributed by atoms with Crippen LogP contribution in [0.5, 0.6) is 0 Å². The first-order valence-corrected chi connectivity index (χ1v) is 6.70. The van der Waals surface area contributed by atoms with Gasteiger partial charge in [-0.1, -0.05) is 6.42 Å². The van der Waals surface area contributed by atoms with Crippen LogP contribution < -0.4 is 5.73 Å². The predicted octanol–water partition coefficient (Wildman–Crippen LogP) is 1.86. The van der Waals surface area contributed by atoms with Crippen molar-refractivity contribution < 1.29 is 4.74 Å². The van der Waals surface area contributed by atoms with Crippen molar-refractivity contribution in [1.29, 1.82) is 0 Å². The van der Waals surface area contributed by atoms with Crippen molar-refractivity contribution in [2.75, 3.05) is 33.4 Å². The normalized spacial score (nSPS) is 23.6. The van der Waals surface area contributed by atoms with Crippen molar-refractivity contribution in [1.82, 2.24) is 4.90 Å². The van der Waals surface area contributed by atoms with E-state index in [1.165, 1.54) is 38.8 Å². The average Bonchev–Trinajstić information content (AvgIpc) is 2.25. The molecule has 1 aliphatic heterocycles. The fraction of sp³-hybridized carbons (Fsp3) is 1.00. The van der Waals surface area contributed by atoms with Gasteiger partial charge in [-0.3, -0.25) is 0 Å². The molecule has 0 spiro atoms. The topological polar surface area (TPSA) is 38.5 Å². The van der Waals surface area contributed by atoms with Gasteiger partial charge in [-0.2, -0.15) is 0 Å². The summed E-state index contributed by atoms with van der Waals surface area (Å²) in [7, 11) is 2.22. The molecule has 1 saturated heterocycles. The third-order valence-electron chi connectivity index (χ3n) is 3.27. The minimum atomic E-state index is 0.358. The number of rotatable bonds is 7. The monoisotopic (exact) mass is 228 g/mol. The lowest BCUT2D eigenvalue weighted by molar-refractivity contribution is 0.0419. The van der Waals surface area contributed by atoms with E-state index in [0.717, 1.165) is 25.6 Å². The van der Waals surface area contributed by atoms with Gasteiger partial charge in [-0.05, 0) is 52.1 Å². The first-order chi connectivity index (χ1) is 7.68. The third-order valence-corrected chi connectivity index (χ3v) is 3.27. The van der Waals surface area contributed by atoms with Crippen LogP contribution in [-0.4, -0.2) is 44.3 Å². The van der Waals surface area contributed by atoms with Gasteiger partial charge in [0.15, 0.2) is 0 Å². The summed E-state index contributed by atoms with van der Waals surface area (Å²) >= 11 is 0. The van der Waals surface area contributed by atoms with Gasteiger partial charge < -0.3 is 15.4 Å². The minimum absolute atomic E-state index is 0.358. The smallest absolute Gasteiger partial charge is 0.0506 e. The molecule has 96 valence electrons. The lowest BCUT2D eigenvalue weighted by Gasteiger charge is -2.27. The summed E-state index contributed by atoms with van der Waals surface area (Å²) in [6, 6.07) is 0.358. The van der Waals surface area contributed by atoms with Gasteiger partial charge in [0, 0.05) is 19.2 Å². The highest BCUT2D eigenvalue weighted by Crippen LogP contribution is 2.14. The van der Waals surface area contributed by atoms with Crippen LogP contribution in [0, 0.1) is 5.92 Å². The molecule has 3 heteroatoms. The van der Waals surface area contributed by atoms with Crippen molar-refractivity contribution in [2.24, 2.45) is 11.7 Å². The Labute approximate surface area is 100 Å². The lowest BCUT2D eigenvalue weighted by atomic mass is 10.0. The summed E-state index contributed by atoms with van der Waals surface area (Å²) in [5, 5.41) is 0. The largest absolute Gasteiger partial charge is 0.381 e. The molecule has 2 atom stereocenters. The van der Waals surface area contributed by atoms with Crippen molar-refractivity contribution in [2.45, 2.75) is 45.1 Å². The maximum absolute atomic E-state index is 5.73. The SMILES string of the molecule is CC(N)CCCCN(C)CC1CCCOC1. The zero-order valence-corrected chi connectivity index (χ0v) is 11.0. The van der Waals surface area contributed by atoms with Gasteiger partial charge >= 0.3 is 0 Å². The highest BCUT2D eigenvalue weighted by molar-refractivity contribution is 4.67. The molecule has 0 amide bonds. The Morgan fingerprint density at radius 2 is 2.25 bits per heavy atom. The zero-order chi connectivity index (χ0) is 11.8. The first kappa shape index (κ1) is 13.9. The molecule has 0 aromatic carbocycles. The fourth-order valence-electron chi connectivity index (χ4n) is 2.33. The van der Waals surface area contributed by atoms with E-state index in [-0.39, 0.29) is 0 Å². The van der Waals surface area contributed by atoms with Crippen LogP contribution in [0.2, 0.25) is 0 Å². The molecule has 16 heavy (non-hydrogen) atoms. The Bertz CT molecular complexity index is 167. The van der Waals surface area contributed by atoms with Crippen LogP contribution in [0.4, 0.5) is 0 Å². The van der Waals surface area contributed by atoms with Gasteiger partial charge in [0.1, 0.15) is 0 Å². The Morgan fingerprint density at radius 1 is 1.44 bits per heavy atom. The number of unbranched alkanes of at least 4 members (excludes halogenated alkanes) is 1. The molecule has 1 aliphatic rings. The van der Waals surface area contributed by atoms with Gasteiger partial charge in [0.25, 0.3) is 0 Å². The Hall–Kier alpha value is -0.120. The molecule has 0 radical (unpaired) electrons. The van der Waals surface area contributed by atoms with E-state index in [9.17, 15) is 0 Å². The maximum atomic E-state index is 5.73.